The van der Waals surface area contributed by atoms with E-state index in [0.29, 0.717) is 6.61 Å². The number of aromatic nitrogens is 2. The molecule has 0 aliphatic carbocycles. The minimum absolute atomic E-state index is 0.257. The highest BCUT2D eigenvalue weighted by atomic mass is 16.5. The monoisotopic (exact) mass is 313 g/mol. The van der Waals surface area contributed by atoms with Crippen LogP contribution in [0.4, 0.5) is 0 Å². The summed E-state index contributed by atoms with van der Waals surface area (Å²) < 4.78 is 11.8. The van der Waals surface area contributed by atoms with Crippen molar-refractivity contribution in [1.29, 1.82) is 0 Å². The summed E-state index contributed by atoms with van der Waals surface area (Å²) in [5, 5.41) is 0. The van der Waals surface area contributed by atoms with Crippen LogP contribution in [-0.2, 0) is 11.3 Å². The zero-order valence-electron chi connectivity index (χ0n) is 13.7. The second kappa shape index (κ2) is 7.06. The van der Waals surface area contributed by atoms with E-state index >= 15 is 0 Å². The first-order valence-electron chi connectivity index (χ1n) is 7.91. The van der Waals surface area contributed by atoms with Crippen molar-refractivity contribution >= 4 is 0 Å². The first-order valence-corrected chi connectivity index (χ1v) is 7.91. The average molecular weight is 313 g/mol. The van der Waals surface area contributed by atoms with Crippen LogP contribution in [0.15, 0.2) is 42.9 Å². The molecule has 122 valence electrons. The molecular weight excluding hydrogens is 290 g/mol. The third-order valence-corrected chi connectivity index (χ3v) is 4.35. The van der Waals surface area contributed by atoms with Gasteiger partial charge in [0.25, 0.3) is 0 Å². The van der Waals surface area contributed by atoms with Crippen LogP contribution in [0.1, 0.15) is 17.7 Å². The van der Waals surface area contributed by atoms with Gasteiger partial charge in [-0.3, -0.25) is 14.9 Å². The zero-order chi connectivity index (χ0) is 16.1. The van der Waals surface area contributed by atoms with E-state index in [0.717, 1.165) is 37.5 Å². The number of likely N-dealkylation sites (tertiary alicyclic amines) is 1. The molecule has 0 bridgehead atoms. The molecule has 1 aliphatic rings. The fraction of sp³-hybridized carbons (Fsp3) is 0.444. The molecular formula is C18H23N3O2. The van der Waals surface area contributed by atoms with Gasteiger partial charge in [-0.1, -0.05) is 17.7 Å². The molecule has 0 N–H and O–H groups in total. The Morgan fingerprint density at radius 2 is 2.04 bits per heavy atom. The fourth-order valence-corrected chi connectivity index (χ4v) is 2.90. The number of benzene rings is 1. The summed E-state index contributed by atoms with van der Waals surface area (Å²) in [6.07, 6.45) is 6.20. The lowest BCUT2D eigenvalue weighted by Crippen LogP contribution is -2.41. The van der Waals surface area contributed by atoms with Crippen LogP contribution in [0.2, 0.25) is 0 Å². The Labute approximate surface area is 137 Å². The highest BCUT2D eigenvalue weighted by Crippen LogP contribution is 2.27. The maximum atomic E-state index is 5.96. The summed E-state index contributed by atoms with van der Waals surface area (Å²) in [5.74, 6) is 0.888. The van der Waals surface area contributed by atoms with Crippen molar-refractivity contribution in [3.05, 3.63) is 54.1 Å². The molecule has 1 atom stereocenters. The first kappa shape index (κ1) is 15.9. The summed E-state index contributed by atoms with van der Waals surface area (Å²) in [4.78, 5) is 10.8. The van der Waals surface area contributed by atoms with Crippen LogP contribution in [0.3, 0.4) is 0 Å². The molecule has 0 spiro atoms. The quantitative estimate of drug-likeness (QED) is 0.820. The molecule has 1 saturated heterocycles. The zero-order valence-corrected chi connectivity index (χ0v) is 13.7. The standard InChI is InChI=1S/C18H23N3O2/c1-15-3-5-17(6-4-15)23-14-18(22-2)7-10-21(13-18)12-16-11-19-8-9-20-16/h3-6,8-9,11H,7,10,12-14H2,1-2H3/t18-/m1/s1. The molecule has 23 heavy (non-hydrogen) atoms. The SMILES string of the molecule is CO[C@]1(COc2ccc(C)cc2)CCN(Cc2cnccn2)C1. The van der Waals surface area contributed by atoms with Gasteiger partial charge in [-0.2, -0.15) is 0 Å². The van der Waals surface area contributed by atoms with E-state index in [2.05, 4.69) is 33.9 Å². The van der Waals surface area contributed by atoms with Crippen LogP contribution in [-0.4, -0.2) is 47.3 Å². The lowest BCUT2D eigenvalue weighted by Gasteiger charge is -2.28. The van der Waals surface area contributed by atoms with Gasteiger partial charge in [0, 0.05) is 45.3 Å². The minimum atomic E-state index is -0.257. The molecule has 2 aromatic rings. The molecule has 0 radical (unpaired) electrons. The van der Waals surface area contributed by atoms with Crippen LogP contribution < -0.4 is 4.74 Å². The van der Waals surface area contributed by atoms with Gasteiger partial charge >= 0.3 is 0 Å². The van der Waals surface area contributed by atoms with Crippen molar-refractivity contribution < 1.29 is 9.47 Å². The Kier molecular flexibility index (Phi) is 4.88. The van der Waals surface area contributed by atoms with E-state index in [1.807, 2.05) is 18.3 Å². The lowest BCUT2D eigenvalue weighted by molar-refractivity contribution is -0.0360. The smallest absolute Gasteiger partial charge is 0.119 e. The molecule has 5 heteroatoms. The maximum Gasteiger partial charge on any atom is 0.119 e. The topological polar surface area (TPSA) is 47.5 Å². The molecule has 0 amide bonds. The number of methoxy groups -OCH3 is 1. The van der Waals surface area contributed by atoms with Gasteiger partial charge in [-0.15, -0.1) is 0 Å². The van der Waals surface area contributed by atoms with Gasteiger partial charge < -0.3 is 9.47 Å². The number of nitrogens with zero attached hydrogens (tertiary/aromatic N) is 3. The number of hydrogen-bond donors (Lipinski definition) is 0. The molecule has 1 aromatic carbocycles. The molecule has 5 nitrogen and oxygen atoms in total. The van der Waals surface area contributed by atoms with Gasteiger partial charge in [0.2, 0.25) is 0 Å². The number of hydrogen-bond acceptors (Lipinski definition) is 5. The lowest BCUT2D eigenvalue weighted by atomic mass is 10.0. The van der Waals surface area contributed by atoms with Gasteiger partial charge in [-0.05, 0) is 25.5 Å². The van der Waals surface area contributed by atoms with E-state index in [9.17, 15) is 0 Å². The second-order valence-corrected chi connectivity index (χ2v) is 6.15. The highest BCUT2D eigenvalue weighted by Gasteiger charge is 2.39. The second-order valence-electron chi connectivity index (χ2n) is 6.15. The van der Waals surface area contributed by atoms with Crippen molar-refractivity contribution in [3.63, 3.8) is 0 Å². The Bertz CT molecular complexity index is 618. The molecule has 3 rings (SSSR count). The van der Waals surface area contributed by atoms with Crippen LogP contribution in [0.5, 0.6) is 5.75 Å². The molecule has 0 saturated carbocycles. The summed E-state index contributed by atoms with van der Waals surface area (Å²) in [6, 6.07) is 8.13. The van der Waals surface area contributed by atoms with Crippen molar-refractivity contribution in [2.45, 2.75) is 25.5 Å². The first-order chi connectivity index (χ1) is 11.2. The highest BCUT2D eigenvalue weighted by molar-refractivity contribution is 5.26. The summed E-state index contributed by atoms with van der Waals surface area (Å²) in [7, 11) is 1.77. The average Bonchev–Trinajstić information content (AvgIpc) is 2.99. The van der Waals surface area contributed by atoms with E-state index in [1.165, 1.54) is 5.56 Å². The Hall–Kier alpha value is -1.98. The normalized spacial score (nSPS) is 21.5. The molecule has 2 heterocycles. The van der Waals surface area contributed by atoms with Crippen molar-refractivity contribution in [1.82, 2.24) is 14.9 Å². The fourth-order valence-electron chi connectivity index (χ4n) is 2.90. The van der Waals surface area contributed by atoms with Crippen LogP contribution in [0, 0.1) is 6.92 Å². The Morgan fingerprint density at radius 1 is 1.22 bits per heavy atom. The summed E-state index contributed by atoms with van der Waals surface area (Å²) in [6.45, 7) is 5.24. The molecule has 0 unspecified atom stereocenters. The van der Waals surface area contributed by atoms with Crippen LogP contribution >= 0.6 is 0 Å². The third-order valence-electron chi connectivity index (χ3n) is 4.35. The minimum Gasteiger partial charge on any atom is -0.491 e. The van der Waals surface area contributed by atoms with Gasteiger partial charge in [0.15, 0.2) is 0 Å². The predicted octanol–water partition coefficient (Wildman–Crippen LogP) is 2.45. The largest absolute Gasteiger partial charge is 0.491 e. The van der Waals surface area contributed by atoms with E-state index < -0.39 is 0 Å². The predicted molar refractivity (Wildman–Crippen MR) is 88.3 cm³/mol. The van der Waals surface area contributed by atoms with Crippen molar-refractivity contribution in [3.8, 4) is 5.75 Å². The molecule has 1 fully saturated rings. The number of aryl methyl sites for hydroxylation is 1. The van der Waals surface area contributed by atoms with E-state index in [1.54, 1.807) is 19.5 Å². The maximum absolute atomic E-state index is 5.96. The Morgan fingerprint density at radius 3 is 2.74 bits per heavy atom. The summed E-state index contributed by atoms with van der Waals surface area (Å²) >= 11 is 0. The van der Waals surface area contributed by atoms with E-state index in [-0.39, 0.29) is 5.60 Å². The van der Waals surface area contributed by atoms with Gasteiger partial charge in [-0.25, -0.2) is 0 Å². The van der Waals surface area contributed by atoms with Crippen molar-refractivity contribution in [2.75, 3.05) is 26.8 Å². The third kappa shape index (κ3) is 4.06. The summed E-state index contributed by atoms with van der Waals surface area (Å²) in [5.41, 5.74) is 1.96. The van der Waals surface area contributed by atoms with E-state index in [4.69, 9.17) is 9.47 Å². The van der Waals surface area contributed by atoms with Crippen LogP contribution in [0.25, 0.3) is 0 Å². The molecule has 1 aliphatic heterocycles. The Balaban J connectivity index is 1.57. The molecule has 1 aromatic heterocycles. The van der Waals surface area contributed by atoms with Crippen molar-refractivity contribution in [2.24, 2.45) is 0 Å². The van der Waals surface area contributed by atoms with Gasteiger partial charge in [0.1, 0.15) is 18.0 Å². The van der Waals surface area contributed by atoms with Gasteiger partial charge in [0.05, 0.1) is 5.69 Å². The number of rotatable bonds is 6. The number of ether oxygens (including phenoxy) is 2.